The number of methoxy groups -OCH3 is 2. The third-order valence-corrected chi connectivity index (χ3v) is 4.52. The number of para-hydroxylation sites is 1. The van der Waals surface area contributed by atoms with Gasteiger partial charge in [-0.05, 0) is 19.1 Å². The number of nitrogens with one attached hydrogen (secondary N) is 2. The maximum atomic E-state index is 12.9. The van der Waals surface area contributed by atoms with Gasteiger partial charge in [0.05, 0.1) is 31.2 Å². The highest BCUT2D eigenvalue weighted by atomic mass is 19.3. The Hall–Kier alpha value is -4.22. The topological polar surface area (TPSA) is 119 Å². The van der Waals surface area contributed by atoms with Crippen molar-refractivity contribution >= 4 is 35.0 Å². The van der Waals surface area contributed by atoms with Gasteiger partial charge in [-0.15, -0.1) is 0 Å². The molecule has 0 fully saturated rings. The number of nitrogens with zero attached hydrogens (tertiary/aromatic N) is 2. The summed E-state index contributed by atoms with van der Waals surface area (Å²) in [5, 5.41) is 3.58. The normalized spacial score (nSPS) is 15.5. The van der Waals surface area contributed by atoms with Gasteiger partial charge in [-0.2, -0.15) is 8.78 Å². The molecule has 0 radical (unpaired) electrons. The smallest absolute Gasteiger partial charge is 0.387 e. The van der Waals surface area contributed by atoms with E-state index in [1.807, 2.05) is 0 Å². The number of halogens is 2. The molecule has 12 heteroatoms. The molecule has 0 bridgehead atoms. The molecule has 10 nitrogen and oxygen atoms in total. The van der Waals surface area contributed by atoms with Crippen LogP contribution in [-0.2, 0) is 14.3 Å². The third-order valence-electron chi connectivity index (χ3n) is 4.52. The van der Waals surface area contributed by atoms with Crippen LogP contribution < -0.4 is 25.2 Å². The van der Waals surface area contributed by atoms with Crippen LogP contribution in [-0.4, -0.2) is 50.5 Å². The van der Waals surface area contributed by atoms with Crippen molar-refractivity contribution < 1.29 is 37.4 Å². The second kappa shape index (κ2) is 9.94. The Balaban J connectivity index is 1.94. The number of hydrazine groups is 1. The predicted octanol–water partition coefficient (Wildman–Crippen LogP) is 2.36. The highest BCUT2D eigenvalue weighted by Gasteiger charge is 2.31. The molecule has 2 amide bonds. The summed E-state index contributed by atoms with van der Waals surface area (Å²) in [4.78, 5) is 41.7. The quantitative estimate of drug-likeness (QED) is 0.607. The van der Waals surface area contributed by atoms with Gasteiger partial charge in [0.25, 0.3) is 11.8 Å². The molecule has 1 atom stereocenters. The lowest BCUT2D eigenvalue weighted by Crippen LogP contribution is -2.57. The van der Waals surface area contributed by atoms with E-state index in [0.29, 0.717) is 5.69 Å². The van der Waals surface area contributed by atoms with E-state index in [1.54, 1.807) is 30.3 Å². The number of ether oxygens (including phenoxy) is 3. The number of carbonyl (C=O) groups is 3. The molecule has 2 aromatic rings. The van der Waals surface area contributed by atoms with Crippen LogP contribution in [0.15, 0.2) is 47.5 Å². The van der Waals surface area contributed by atoms with Crippen molar-refractivity contribution in [1.29, 1.82) is 0 Å². The second-order valence-corrected chi connectivity index (χ2v) is 6.65. The molecule has 1 unspecified atom stereocenters. The zero-order valence-electron chi connectivity index (χ0n) is 17.8. The molecule has 33 heavy (non-hydrogen) atoms. The standard InChI is InChI=1S/C21H20F2N4O6/c1-11-19(29)27(12-7-5-4-6-8-12)26-17(24-11)18(28)25-14-10-16(33-21(22)23)15(31-2)9-13(14)20(30)32-3/h4-11,21H,1-3H3,(H,24,26)(H,25,28). The van der Waals surface area contributed by atoms with Gasteiger partial charge in [0.15, 0.2) is 11.5 Å². The Kier molecular flexibility index (Phi) is 7.06. The van der Waals surface area contributed by atoms with E-state index in [9.17, 15) is 23.2 Å². The molecule has 1 aliphatic rings. The largest absolute Gasteiger partial charge is 0.493 e. The van der Waals surface area contributed by atoms with Gasteiger partial charge >= 0.3 is 12.6 Å². The van der Waals surface area contributed by atoms with Crippen molar-refractivity contribution in [2.75, 3.05) is 24.5 Å². The highest BCUT2D eigenvalue weighted by Crippen LogP contribution is 2.35. The number of anilines is 2. The molecule has 174 valence electrons. The minimum atomic E-state index is -3.18. The lowest BCUT2D eigenvalue weighted by Gasteiger charge is -2.30. The fraction of sp³-hybridized carbons (Fsp3) is 0.238. The van der Waals surface area contributed by atoms with Crippen LogP contribution in [0, 0.1) is 0 Å². The minimum Gasteiger partial charge on any atom is -0.493 e. The number of benzene rings is 2. The number of amidine groups is 1. The lowest BCUT2D eigenvalue weighted by atomic mass is 10.1. The Morgan fingerprint density at radius 2 is 1.85 bits per heavy atom. The number of aliphatic imine (C=N–C) groups is 1. The number of hydrogen-bond acceptors (Lipinski definition) is 8. The Morgan fingerprint density at radius 1 is 1.15 bits per heavy atom. The Morgan fingerprint density at radius 3 is 2.45 bits per heavy atom. The van der Waals surface area contributed by atoms with E-state index < -0.39 is 36.2 Å². The molecule has 1 aliphatic heterocycles. The second-order valence-electron chi connectivity index (χ2n) is 6.65. The van der Waals surface area contributed by atoms with E-state index >= 15 is 0 Å². The van der Waals surface area contributed by atoms with E-state index in [-0.39, 0.29) is 22.8 Å². The Labute approximate surface area is 187 Å². The van der Waals surface area contributed by atoms with Gasteiger partial charge < -0.3 is 19.5 Å². The van der Waals surface area contributed by atoms with Crippen molar-refractivity contribution in [3.8, 4) is 11.5 Å². The number of alkyl halides is 2. The first-order valence-electron chi connectivity index (χ1n) is 9.55. The molecule has 0 saturated carbocycles. The highest BCUT2D eigenvalue weighted by molar-refractivity contribution is 6.43. The van der Waals surface area contributed by atoms with E-state index in [2.05, 4.69) is 20.5 Å². The van der Waals surface area contributed by atoms with Crippen molar-refractivity contribution in [2.24, 2.45) is 4.99 Å². The SMILES string of the molecule is COC(=O)c1cc(OC)c(OC(F)F)cc1NC(=O)C1=NC(C)C(=O)N(c2ccccc2)N1. The zero-order chi connectivity index (χ0) is 24.1. The summed E-state index contributed by atoms with van der Waals surface area (Å²) in [5.74, 6) is -2.92. The molecule has 0 saturated heterocycles. The van der Waals surface area contributed by atoms with Crippen LogP contribution >= 0.6 is 0 Å². The van der Waals surface area contributed by atoms with E-state index in [4.69, 9.17) is 9.47 Å². The molecule has 0 spiro atoms. The monoisotopic (exact) mass is 462 g/mol. The molecule has 0 aromatic heterocycles. The zero-order valence-corrected chi connectivity index (χ0v) is 17.8. The van der Waals surface area contributed by atoms with Gasteiger partial charge in [0.2, 0.25) is 5.84 Å². The van der Waals surface area contributed by atoms with Crippen LogP contribution in [0.3, 0.4) is 0 Å². The van der Waals surface area contributed by atoms with Crippen LogP contribution in [0.2, 0.25) is 0 Å². The fourth-order valence-electron chi connectivity index (χ4n) is 2.98. The van der Waals surface area contributed by atoms with Crippen LogP contribution in [0.4, 0.5) is 20.2 Å². The van der Waals surface area contributed by atoms with Crippen molar-refractivity contribution in [1.82, 2.24) is 5.43 Å². The molecule has 1 heterocycles. The maximum Gasteiger partial charge on any atom is 0.387 e. The number of amides is 2. The summed E-state index contributed by atoms with van der Waals surface area (Å²) in [6.07, 6.45) is 0. The van der Waals surface area contributed by atoms with E-state index in [0.717, 1.165) is 24.3 Å². The first-order valence-corrected chi connectivity index (χ1v) is 9.55. The van der Waals surface area contributed by atoms with Crippen LogP contribution in [0.25, 0.3) is 0 Å². The number of esters is 1. The Bertz CT molecular complexity index is 1090. The summed E-state index contributed by atoms with van der Waals surface area (Å²) in [6.45, 7) is -1.67. The fourth-order valence-corrected chi connectivity index (χ4v) is 2.98. The summed E-state index contributed by atoms with van der Waals surface area (Å²) < 4.78 is 39.7. The van der Waals surface area contributed by atoms with Gasteiger partial charge in [-0.25, -0.2) is 14.8 Å². The summed E-state index contributed by atoms with van der Waals surface area (Å²) in [5.41, 5.74) is 2.74. The van der Waals surface area contributed by atoms with Gasteiger partial charge in [-0.3, -0.25) is 15.0 Å². The number of hydrogen-bond donors (Lipinski definition) is 2. The van der Waals surface area contributed by atoms with Gasteiger partial charge in [0, 0.05) is 12.1 Å². The van der Waals surface area contributed by atoms with Crippen LogP contribution in [0.1, 0.15) is 17.3 Å². The lowest BCUT2D eigenvalue weighted by molar-refractivity contribution is -0.120. The first kappa shape index (κ1) is 23.4. The van der Waals surface area contributed by atoms with Gasteiger partial charge in [0.1, 0.15) is 6.04 Å². The average molecular weight is 462 g/mol. The van der Waals surface area contributed by atoms with Crippen molar-refractivity contribution in [2.45, 2.75) is 19.6 Å². The molecule has 0 aliphatic carbocycles. The summed E-state index contributed by atoms with van der Waals surface area (Å²) in [7, 11) is 2.31. The molecular formula is C21H20F2N4O6. The first-order chi connectivity index (χ1) is 15.7. The predicted molar refractivity (Wildman–Crippen MR) is 114 cm³/mol. The maximum absolute atomic E-state index is 12.9. The number of rotatable bonds is 7. The summed E-state index contributed by atoms with van der Waals surface area (Å²) in [6, 6.07) is 9.72. The third kappa shape index (κ3) is 5.17. The van der Waals surface area contributed by atoms with Gasteiger partial charge in [-0.1, -0.05) is 18.2 Å². The molecule has 2 N–H and O–H groups in total. The van der Waals surface area contributed by atoms with E-state index in [1.165, 1.54) is 14.0 Å². The van der Waals surface area contributed by atoms with Crippen LogP contribution in [0.5, 0.6) is 11.5 Å². The number of carbonyl (C=O) groups excluding carboxylic acids is 3. The van der Waals surface area contributed by atoms with Crippen molar-refractivity contribution in [3.05, 3.63) is 48.0 Å². The average Bonchev–Trinajstić information content (AvgIpc) is 2.80. The molecular weight excluding hydrogens is 442 g/mol. The summed E-state index contributed by atoms with van der Waals surface area (Å²) >= 11 is 0. The van der Waals surface area contributed by atoms with Crippen molar-refractivity contribution in [3.63, 3.8) is 0 Å². The minimum absolute atomic E-state index is 0.170. The molecule has 2 aromatic carbocycles. The molecule has 3 rings (SSSR count).